The largest absolute Gasteiger partial charge is 0.444 e. The summed E-state index contributed by atoms with van der Waals surface area (Å²) in [6.07, 6.45) is 0.604. The molecule has 10 heteroatoms. The third-order valence-electron chi connectivity index (χ3n) is 3.71. The smallest absolute Gasteiger partial charge is 0.410 e. The number of nitrogens with one attached hydrogen (secondary N) is 1. The highest BCUT2D eigenvalue weighted by molar-refractivity contribution is 6.01. The van der Waals surface area contributed by atoms with Crippen LogP contribution < -0.4 is 11.1 Å². The van der Waals surface area contributed by atoms with Crippen LogP contribution in [0.25, 0.3) is 0 Å². The van der Waals surface area contributed by atoms with Crippen LogP contribution >= 0.6 is 0 Å². The van der Waals surface area contributed by atoms with Crippen LogP contribution in [0.4, 0.5) is 15.0 Å². The van der Waals surface area contributed by atoms with Crippen molar-refractivity contribution in [2.45, 2.75) is 32.9 Å². The van der Waals surface area contributed by atoms with Crippen molar-refractivity contribution in [1.82, 2.24) is 14.5 Å². The van der Waals surface area contributed by atoms with Crippen molar-refractivity contribution in [3.8, 4) is 0 Å². The van der Waals surface area contributed by atoms with E-state index in [1.165, 1.54) is 24.0 Å². The fourth-order valence-electron chi connectivity index (χ4n) is 2.45. The molecular weight excluding hydrogens is 381 g/mol. The summed E-state index contributed by atoms with van der Waals surface area (Å²) in [5, 5.41) is 2.45. The first-order valence-corrected chi connectivity index (χ1v) is 8.80. The predicted molar refractivity (Wildman–Crippen MR) is 104 cm³/mol. The summed E-state index contributed by atoms with van der Waals surface area (Å²) in [5.41, 5.74) is 4.96. The van der Waals surface area contributed by atoms with Gasteiger partial charge in [0.15, 0.2) is 11.5 Å². The van der Waals surface area contributed by atoms with E-state index in [9.17, 15) is 18.8 Å². The van der Waals surface area contributed by atoms with Crippen molar-refractivity contribution in [2.75, 3.05) is 18.9 Å². The van der Waals surface area contributed by atoms with E-state index in [1.54, 1.807) is 39.0 Å². The zero-order valence-corrected chi connectivity index (χ0v) is 16.7. The first kappa shape index (κ1) is 21.9. The standard InChI is InChI=1S/C19H24FN5O4/c1-19(2,3)29-18(28)24(4)10-14(26)23-17-15(16(21)27)25(11-22-17)9-12-7-5-6-8-13(12)20/h5-8,11H,9-10H2,1-4H3,(H2,21,27)(H,23,26). The van der Waals surface area contributed by atoms with Gasteiger partial charge in [-0.3, -0.25) is 9.59 Å². The minimum absolute atomic E-state index is 0.00558. The van der Waals surface area contributed by atoms with Crippen molar-refractivity contribution in [2.24, 2.45) is 5.73 Å². The number of amides is 3. The van der Waals surface area contributed by atoms with Crippen molar-refractivity contribution in [1.29, 1.82) is 0 Å². The number of anilines is 1. The molecule has 0 atom stereocenters. The number of nitrogens with two attached hydrogens (primary N) is 1. The molecule has 1 aromatic carbocycles. The third kappa shape index (κ3) is 6.03. The summed E-state index contributed by atoms with van der Waals surface area (Å²) in [6, 6.07) is 6.07. The van der Waals surface area contributed by atoms with E-state index in [2.05, 4.69) is 10.3 Å². The molecular formula is C19H24FN5O4. The predicted octanol–water partition coefficient (Wildman–Crippen LogP) is 1.97. The SMILES string of the molecule is CN(CC(=O)Nc1ncn(Cc2ccccc2F)c1C(N)=O)C(=O)OC(C)(C)C. The molecule has 0 saturated heterocycles. The van der Waals surface area contributed by atoms with E-state index in [1.807, 2.05) is 0 Å². The van der Waals surface area contributed by atoms with Crippen molar-refractivity contribution in [3.63, 3.8) is 0 Å². The maximum atomic E-state index is 13.9. The van der Waals surface area contributed by atoms with Gasteiger partial charge in [0.25, 0.3) is 5.91 Å². The van der Waals surface area contributed by atoms with Gasteiger partial charge in [-0.1, -0.05) is 18.2 Å². The quantitative estimate of drug-likeness (QED) is 0.761. The lowest BCUT2D eigenvalue weighted by molar-refractivity contribution is -0.117. The molecule has 1 aromatic heterocycles. The molecule has 2 aromatic rings. The Labute approximate surface area is 167 Å². The topological polar surface area (TPSA) is 120 Å². The van der Waals surface area contributed by atoms with Gasteiger partial charge in [0, 0.05) is 12.6 Å². The average molecular weight is 405 g/mol. The highest BCUT2D eigenvalue weighted by atomic mass is 19.1. The van der Waals surface area contributed by atoms with E-state index in [4.69, 9.17) is 10.5 Å². The Balaban J connectivity index is 2.12. The average Bonchev–Trinajstić information content (AvgIpc) is 2.97. The maximum absolute atomic E-state index is 13.9. The van der Waals surface area contributed by atoms with E-state index in [-0.39, 0.29) is 24.6 Å². The van der Waals surface area contributed by atoms with Gasteiger partial charge in [0.1, 0.15) is 18.0 Å². The number of rotatable bonds is 6. The number of halogens is 1. The van der Waals surface area contributed by atoms with E-state index in [0.717, 1.165) is 4.90 Å². The highest BCUT2D eigenvalue weighted by Crippen LogP contribution is 2.17. The molecule has 0 aliphatic rings. The molecule has 0 radical (unpaired) electrons. The second-order valence-electron chi connectivity index (χ2n) is 7.41. The number of carbonyl (C=O) groups excluding carboxylic acids is 3. The van der Waals surface area contributed by atoms with E-state index < -0.39 is 29.3 Å². The lowest BCUT2D eigenvalue weighted by Crippen LogP contribution is -2.39. The minimum Gasteiger partial charge on any atom is -0.444 e. The first-order chi connectivity index (χ1) is 13.5. The van der Waals surface area contributed by atoms with Crippen LogP contribution in [-0.2, 0) is 16.1 Å². The molecule has 0 aliphatic carbocycles. The number of imidazole rings is 1. The molecule has 0 spiro atoms. The van der Waals surface area contributed by atoms with Crippen LogP contribution in [-0.4, -0.2) is 51.6 Å². The van der Waals surface area contributed by atoms with Gasteiger partial charge in [0.05, 0.1) is 12.9 Å². The molecule has 2 rings (SSSR count). The number of hydrogen-bond donors (Lipinski definition) is 2. The number of benzene rings is 1. The fraction of sp³-hybridized carbons (Fsp3) is 0.368. The molecule has 1 heterocycles. The third-order valence-corrected chi connectivity index (χ3v) is 3.71. The Kier molecular flexibility index (Phi) is 6.57. The molecule has 0 aliphatic heterocycles. The fourth-order valence-corrected chi connectivity index (χ4v) is 2.45. The van der Waals surface area contributed by atoms with Crippen LogP contribution in [0.3, 0.4) is 0 Å². The number of carbonyl (C=O) groups is 3. The first-order valence-electron chi connectivity index (χ1n) is 8.80. The van der Waals surface area contributed by atoms with Crippen LogP contribution in [0, 0.1) is 5.82 Å². The number of primary amides is 1. The summed E-state index contributed by atoms with van der Waals surface area (Å²) in [7, 11) is 1.40. The summed E-state index contributed by atoms with van der Waals surface area (Å²) in [5.74, 6) is -1.95. The van der Waals surface area contributed by atoms with E-state index >= 15 is 0 Å². The molecule has 3 amide bonds. The molecule has 3 N–H and O–H groups in total. The normalized spacial score (nSPS) is 11.1. The monoisotopic (exact) mass is 405 g/mol. The number of ether oxygens (including phenoxy) is 1. The van der Waals surface area contributed by atoms with Gasteiger partial charge < -0.3 is 25.3 Å². The minimum atomic E-state index is -0.838. The number of hydrogen-bond acceptors (Lipinski definition) is 5. The zero-order chi connectivity index (χ0) is 21.8. The van der Waals surface area contributed by atoms with Gasteiger partial charge in [0.2, 0.25) is 5.91 Å². The highest BCUT2D eigenvalue weighted by Gasteiger charge is 2.23. The molecule has 29 heavy (non-hydrogen) atoms. The summed E-state index contributed by atoms with van der Waals surface area (Å²) >= 11 is 0. The van der Waals surface area contributed by atoms with Crippen molar-refractivity contribution in [3.05, 3.63) is 47.7 Å². The van der Waals surface area contributed by atoms with Gasteiger partial charge in [-0.05, 0) is 26.8 Å². The molecule has 0 fully saturated rings. The Morgan fingerprint density at radius 3 is 2.52 bits per heavy atom. The number of aromatic nitrogens is 2. The van der Waals surface area contributed by atoms with Gasteiger partial charge in [-0.15, -0.1) is 0 Å². The van der Waals surface area contributed by atoms with Gasteiger partial charge in [-0.2, -0.15) is 0 Å². The van der Waals surface area contributed by atoms with Crippen LogP contribution in [0.5, 0.6) is 0 Å². The number of nitrogens with zero attached hydrogens (tertiary/aromatic N) is 3. The maximum Gasteiger partial charge on any atom is 0.410 e. The van der Waals surface area contributed by atoms with Crippen LogP contribution in [0.2, 0.25) is 0 Å². The van der Waals surface area contributed by atoms with Gasteiger partial charge >= 0.3 is 6.09 Å². The van der Waals surface area contributed by atoms with Crippen LogP contribution in [0.1, 0.15) is 36.8 Å². The second-order valence-corrected chi connectivity index (χ2v) is 7.41. The summed E-state index contributed by atoms with van der Waals surface area (Å²) < 4.78 is 20.4. The molecule has 0 bridgehead atoms. The Bertz CT molecular complexity index is 920. The molecule has 156 valence electrons. The lowest BCUT2D eigenvalue weighted by atomic mass is 10.2. The Morgan fingerprint density at radius 2 is 1.93 bits per heavy atom. The summed E-state index contributed by atoms with van der Waals surface area (Å²) in [6.45, 7) is 4.80. The van der Waals surface area contributed by atoms with E-state index in [0.29, 0.717) is 5.56 Å². The van der Waals surface area contributed by atoms with Crippen molar-refractivity contribution >= 4 is 23.7 Å². The number of likely N-dealkylation sites (N-methyl/N-ethyl adjacent to an activating group) is 1. The lowest BCUT2D eigenvalue weighted by Gasteiger charge is -2.24. The molecule has 0 saturated carbocycles. The second kappa shape index (κ2) is 8.72. The molecule has 0 unspecified atom stereocenters. The van der Waals surface area contributed by atoms with Crippen molar-refractivity contribution < 1.29 is 23.5 Å². The molecule has 9 nitrogen and oxygen atoms in total. The Morgan fingerprint density at radius 1 is 1.28 bits per heavy atom. The Hall–Kier alpha value is -3.43. The van der Waals surface area contributed by atoms with Crippen LogP contribution in [0.15, 0.2) is 30.6 Å². The van der Waals surface area contributed by atoms with Gasteiger partial charge in [-0.25, -0.2) is 14.2 Å². The summed E-state index contributed by atoms with van der Waals surface area (Å²) in [4.78, 5) is 41.2. The zero-order valence-electron chi connectivity index (χ0n) is 16.7.